The van der Waals surface area contributed by atoms with Crippen LogP contribution in [0.1, 0.15) is 11.1 Å². The molecular weight excluding hydrogens is 226 g/mol. The molecule has 0 spiro atoms. The molecule has 0 aliphatic carbocycles. The lowest BCUT2D eigenvalue weighted by Crippen LogP contribution is -2.28. The van der Waals surface area contributed by atoms with Gasteiger partial charge in [0, 0.05) is 13.1 Å². The summed E-state index contributed by atoms with van der Waals surface area (Å²) in [5.74, 6) is 0. The Morgan fingerprint density at radius 1 is 1.11 bits per heavy atom. The van der Waals surface area contributed by atoms with Crippen LogP contribution in [0.2, 0.25) is 0 Å². The van der Waals surface area contributed by atoms with Gasteiger partial charge in [-0.2, -0.15) is 0 Å². The van der Waals surface area contributed by atoms with Crippen LogP contribution >= 0.6 is 0 Å². The maximum absolute atomic E-state index is 9.23. The first-order chi connectivity index (χ1) is 8.69. The third kappa shape index (κ3) is 3.29. The predicted octanol–water partition coefficient (Wildman–Crippen LogP) is 1.59. The van der Waals surface area contributed by atoms with Crippen molar-refractivity contribution >= 4 is 10.8 Å². The highest BCUT2D eigenvalue weighted by Crippen LogP contribution is 2.17. The van der Waals surface area contributed by atoms with Crippen LogP contribution in [0.3, 0.4) is 0 Å². The maximum Gasteiger partial charge on any atom is 0.0895 e. The molecule has 18 heavy (non-hydrogen) atoms. The van der Waals surface area contributed by atoms with Gasteiger partial charge in [-0.3, -0.25) is 0 Å². The van der Waals surface area contributed by atoms with Crippen molar-refractivity contribution in [3.8, 4) is 0 Å². The summed E-state index contributed by atoms with van der Waals surface area (Å²) in [6.45, 7) is 2.98. The van der Waals surface area contributed by atoms with E-state index in [0.717, 1.165) is 0 Å². The van der Waals surface area contributed by atoms with Gasteiger partial charge >= 0.3 is 0 Å². The lowest BCUT2D eigenvalue weighted by Gasteiger charge is -2.09. The molecule has 2 rings (SSSR count). The number of aliphatic hydroxyl groups excluding tert-OH is 2. The molecule has 96 valence electrons. The van der Waals surface area contributed by atoms with Crippen molar-refractivity contribution in [3.05, 3.63) is 47.5 Å². The van der Waals surface area contributed by atoms with Gasteiger partial charge in [0.05, 0.1) is 12.7 Å². The maximum atomic E-state index is 9.23. The van der Waals surface area contributed by atoms with Crippen LogP contribution in [-0.2, 0) is 6.54 Å². The van der Waals surface area contributed by atoms with Crippen molar-refractivity contribution in [2.75, 3.05) is 13.2 Å². The SMILES string of the molecule is Cc1ccc2cc(CNCC(O)CO)ccc2c1. The third-order valence-electron chi connectivity index (χ3n) is 2.98. The van der Waals surface area contributed by atoms with Crippen molar-refractivity contribution in [1.29, 1.82) is 0 Å². The highest BCUT2D eigenvalue weighted by molar-refractivity contribution is 5.83. The molecule has 3 nitrogen and oxygen atoms in total. The van der Waals surface area contributed by atoms with Crippen molar-refractivity contribution < 1.29 is 10.2 Å². The van der Waals surface area contributed by atoms with E-state index in [1.54, 1.807) is 0 Å². The van der Waals surface area contributed by atoms with Gasteiger partial charge in [0.15, 0.2) is 0 Å². The van der Waals surface area contributed by atoms with Gasteiger partial charge in [-0.1, -0.05) is 35.9 Å². The minimum Gasteiger partial charge on any atom is -0.394 e. The van der Waals surface area contributed by atoms with Gasteiger partial charge in [-0.05, 0) is 29.3 Å². The summed E-state index contributed by atoms with van der Waals surface area (Å²) in [6.07, 6.45) is -0.687. The zero-order chi connectivity index (χ0) is 13.0. The topological polar surface area (TPSA) is 52.5 Å². The fourth-order valence-electron chi connectivity index (χ4n) is 1.97. The minimum absolute atomic E-state index is 0.204. The van der Waals surface area contributed by atoms with Crippen LogP contribution in [0, 0.1) is 6.92 Å². The first kappa shape index (κ1) is 13.0. The largest absolute Gasteiger partial charge is 0.394 e. The lowest BCUT2D eigenvalue weighted by atomic mass is 10.0. The Balaban J connectivity index is 2.04. The second-order valence-electron chi connectivity index (χ2n) is 4.65. The first-order valence-corrected chi connectivity index (χ1v) is 6.18. The van der Waals surface area contributed by atoms with E-state index in [4.69, 9.17) is 5.11 Å². The van der Waals surface area contributed by atoms with Gasteiger partial charge in [0.25, 0.3) is 0 Å². The van der Waals surface area contributed by atoms with Crippen molar-refractivity contribution in [2.45, 2.75) is 19.6 Å². The monoisotopic (exact) mass is 245 g/mol. The van der Waals surface area contributed by atoms with E-state index in [1.165, 1.54) is 21.9 Å². The van der Waals surface area contributed by atoms with Crippen LogP contribution in [0.5, 0.6) is 0 Å². The molecule has 3 heteroatoms. The molecule has 3 N–H and O–H groups in total. The Morgan fingerprint density at radius 3 is 2.61 bits per heavy atom. The number of rotatable bonds is 5. The molecule has 0 bridgehead atoms. The molecular formula is C15H19NO2. The number of nitrogens with one attached hydrogen (secondary N) is 1. The fourth-order valence-corrected chi connectivity index (χ4v) is 1.97. The Kier molecular flexibility index (Phi) is 4.31. The molecule has 0 aliphatic heterocycles. The van der Waals surface area contributed by atoms with E-state index in [2.05, 4.69) is 48.6 Å². The number of aryl methyl sites for hydroxylation is 1. The number of fused-ring (bicyclic) bond motifs is 1. The summed E-state index contributed by atoms with van der Waals surface area (Å²) >= 11 is 0. The molecule has 0 fully saturated rings. The smallest absolute Gasteiger partial charge is 0.0895 e. The normalized spacial score (nSPS) is 12.8. The van der Waals surface area contributed by atoms with E-state index >= 15 is 0 Å². The van der Waals surface area contributed by atoms with E-state index in [-0.39, 0.29) is 6.61 Å². The second kappa shape index (κ2) is 5.96. The molecule has 2 aromatic rings. The van der Waals surface area contributed by atoms with Gasteiger partial charge in [-0.15, -0.1) is 0 Å². The molecule has 1 atom stereocenters. The number of aliphatic hydroxyl groups is 2. The van der Waals surface area contributed by atoms with Crippen LogP contribution in [-0.4, -0.2) is 29.5 Å². The molecule has 0 amide bonds. The highest BCUT2D eigenvalue weighted by atomic mass is 16.3. The molecule has 0 saturated heterocycles. The molecule has 0 aromatic heterocycles. The molecule has 2 aromatic carbocycles. The fraction of sp³-hybridized carbons (Fsp3) is 0.333. The molecule has 0 aliphatic rings. The van der Waals surface area contributed by atoms with Gasteiger partial charge in [0.1, 0.15) is 0 Å². The zero-order valence-electron chi connectivity index (χ0n) is 10.6. The van der Waals surface area contributed by atoms with Gasteiger partial charge in [-0.25, -0.2) is 0 Å². The first-order valence-electron chi connectivity index (χ1n) is 6.18. The number of benzene rings is 2. The molecule has 0 saturated carbocycles. The summed E-state index contributed by atoms with van der Waals surface area (Å²) in [6, 6.07) is 12.7. The minimum atomic E-state index is -0.687. The quantitative estimate of drug-likeness (QED) is 0.750. The average Bonchev–Trinajstić information content (AvgIpc) is 2.38. The average molecular weight is 245 g/mol. The van der Waals surface area contributed by atoms with E-state index in [0.29, 0.717) is 13.1 Å². The van der Waals surface area contributed by atoms with Crippen molar-refractivity contribution in [3.63, 3.8) is 0 Å². The Bertz CT molecular complexity index is 525. The molecule has 0 heterocycles. The second-order valence-corrected chi connectivity index (χ2v) is 4.65. The van der Waals surface area contributed by atoms with Gasteiger partial charge < -0.3 is 15.5 Å². The Labute approximate surface area is 107 Å². The summed E-state index contributed by atoms with van der Waals surface area (Å²) in [4.78, 5) is 0. The Morgan fingerprint density at radius 2 is 1.83 bits per heavy atom. The van der Waals surface area contributed by atoms with Crippen molar-refractivity contribution in [1.82, 2.24) is 5.32 Å². The van der Waals surface area contributed by atoms with Crippen LogP contribution in [0.4, 0.5) is 0 Å². The summed E-state index contributed by atoms with van der Waals surface area (Å²) < 4.78 is 0. The van der Waals surface area contributed by atoms with E-state index in [1.807, 2.05) is 0 Å². The summed E-state index contributed by atoms with van der Waals surface area (Å²) in [5, 5.41) is 23.5. The summed E-state index contributed by atoms with van der Waals surface area (Å²) in [5.41, 5.74) is 2.44. The number of hydrogen-bond donors (Lipinski definition) is 3. The number of hydrogen-bond acceptors (Lipinski definition) is 3. The summed E-state index contributed by atoms with van der Waals surface area (Å²) in [7, 11) is 0. The van der Waals surface area contributed by atoms with Gasteiger partial charge in [0.2, 0.25) is 0 Å². The zero-order valence-corrected chi connectivity index (χ0v) is 10.6. The predicted molar refractivity (Wildman–Crippen MR) is 73.5 cm³/mol. The van der Waals surface area contributed by atoms with E-state index in [9.17, 15) is 5.11 Å². The molecule has 1 unspecified atom stereocenters. The Hall–Kier alpha value is -1.42. The highest BCUT2D eigenvalue weighted by Gasteiger charge is 2.01. The van der Waals surface area contributed by atoms with Crippen LogP contribution in [0.25, 0.3) is 10.8 Å². The lowest BCUT2D eigenvalue weighted by molar-refractivity contribution is 0.0942. The van der Waals surface area contributed by atoms with E-state index < -0.39 is 6.10 Å². The third-order valence-corrected chi connectivity index (χ3v) is 2.98. The molecule has 0 radical (unpaired) electrons. The van der Waals surface area contributed by atoms with Crippen LogP contribution < -0.4 is 5.32 Å². The standard InChI is InChI=1S/C15H19NO2/c1-11-2-4-14-7-12(3-5-13(14)6-11)8-16-9-15(18)10-17/h2-7,15-18H,8-10H2,1H3. The van der Waals surface area contributed by atoms with Crippen molar-refractivity contribution in [2.24, 2.45) is 0 Å². The van der Waals surface area contributed by atoms with Crippen LogP contribution in [0.15, 0.2) is 36.4 Å².